The Hall–Kier alpha value is -3.00. The number of carbonyl (C=O) groups excluding carboxylic acids is 2. The van der Waals surface area contributed by atoms with E-state index >= 15 is 0 Å². The van der Waals surface area contributed by atoms with Crippen molar-refractivity contribution in [3.8, 4) is 0 Å². The molecule has 0 radical (unpaired) electrons. The third kappa shape index (κ3) is 3.61. The first kappa shape index (κ1) is 17.4. The Balaban J connectivity index is 1.55. The Morgan fingerprint density at radius 2 is 2.00 bits per heavy atom. The molecule has 1 unspecified atom stereocenters. The first-order chi connectivity index (χ1) is 13.0. The third-order valence-corrected chi connectivity index (χ3v) is 4.70. The minimum absolute atomic E-state index is 0.183. The third-order valence-electron chi connectivity index (χ3n) is 4.44. The second kappa shape index (κ2) is 6.96. The van der Waals surface area contributed by atoms with Gasteiger partial charge in [-0.3, -0.25) is 10.1 Å². The highest BCUT2D eigenvalue weighted by molar-refractivity contribution is 6.30. The fraction of sp³-hybridized carbons (Fsp3) is 0.278. The van der Waals surface area contributed by atoms with Gasteiger partial charge in [0.1, 0.15) is 5.82 Å². The van der Waals surface area contributed by atoms with E-state index < -0.39 is 6.03 Å². The maximum absolute atomic E-state index is 12.3. The molecule has 138 valence electrons. The van der Waals surface area contributed by atoms with Crippen LogP contribution in [0, 0.1) is 12.8 Å². The van der Waals surface area contributed by atoms with E-state index in [9.17, 15) is 9.59 Å². The zero-order chi connectivity index (χ0) is 19.0. The summed E-state index contributed by atoms with van der Waals surface area (Å²) in [5.74, 6) is 0.168. The monoisotopic (exact) mass is 384 g/mol. The summed E-state index contributed by atoms with van der Waals surface area (Å²) in [5.41, 5.74) is 2.11. The van der Waals surface area contributed by atoms with Crippen LogP contribution in [-0.4, -0.2) is 33.4 Å². The van der Waals surface area contributed by atoms with Crippen LogP contribution >= 0.6 is 11.6 Å². The van der Waals surface area contributed by atoms with Crippen LogP contribution in [0.25, 0.3) is 0 Å². The lowest BCUT2D eigenvalue weighted by atomic mass is 10.1. The largest absolute Gasteiger partial charge is 0.324 e. The van der Waals surface area contributed by atoms with Gasteiger partial charge in [0, 0.05) is 22.5 Å². The number of benzene rings is 1. The Labute approximate surface area is 160 Å². The number of aryl methyl sites for hydroxylation is 1. The highest BCUT2D eigenvalue weighted by atomic mass is 35.5. The molecule has 2 heterocycles. The Morgan fingerprint density at radius 1 is 1.22 bits per heavy atom. The normalized spacial score (nSPS) is 18.6. The highest BCUT2D eigenvalue weighted by Gasteiger charge is 2.33. The molecule has 0 saturated heterocycles. The van der Waals surface area contributed by atoms with Crippen molar-refractivity contribution in [1.82, 2.24) is 9.78 Å². The molecule has 0 spiro atoms. The SMILES string of the molecule is Cc1cc(NC(=O)Nc2ccc(Cl)cc2)n(C2=NC(=O)C3CCCC3=N2)n1. The number of hydrogen-bond acceptors (Lipinski definition) is 4. The summed E-state index contributed by atoms with van der Waals surface area (Å²) in [6, 6.07) is 7.99. The molecule has 1 saturated carbocycles. The van der Waals surface area contributed by atoms with E-state index in [0.29, 0.717) is 22.2 Å². The van der Waals surface area contributed by atoms with Gasteiger partial charge in [-0.15, -0.1) is 0 Å². The van der Waals surface area contributed by atoms with Gasteiger partial charge < -0.3 is 5.32 Å². The van der Waals surface area contributed by atoms with Gasteiger partial charge in [-0.1, -0.05) is 11.6 Å². The number of hydrogen-bond donors (Lipinski definition) is 2. The van der Waals surface area contributed by atoms with Gasteiger partial charge >= 0.3 is 6.03 Å². The molecule has 8 nitrogen and oxygen atoms in total. The molecule has 1 aliphatic heterocycles. The number of nitrogens with zero attached hydrogens (tertiary/aromatic N) is 4. The molecule has 1 aliphatic carbocycles. The molecule has 1 atom stereocenters. The highest BCUT2D eigenvalue weighted by Crippen LogP contribution is 2.27. The molecule has 4 rings (SSSR count). The van der Waals surface area contributed by atoms with Crippen molar-refractivity contribution >= 4 is 46.7 Å². The quantitative estimate of drug-likeness (QED) is 0.828. The van der Waals surface area contributed by atoms with E-state index in [1.807, 2.05) is 0 Å². The fourth-order valence-electron chi connectivity index (χ4n) is 3.21. The number of fused-ring (bicyclic) bond motifs is 1. The van der Waals surface area contributed by atoms with Crippen molar-refractivity contribution in [2.75, 3.05) is 10.6 Å². The van der Waals surface area contributed by atoms with Crippen molar-refractivity contribution < 1.29 is 9.59 Å². The van der Waals surface area contributed by atoms with Crippen molar-refractivity contribution in [2.45, 2.75) is 26.2 Å². The van der Waals surface area contributed by atoms with Gasteiger partial charge in [-0.05, 0) is 50.5 Å². The van der Waals surface area contributed by atoms with Gasteiger partial charge in [-0.2, -0.15) is 14.8 Å². The predicted octanol–water partition coefficient (Wildman–Crippen LogP) is 3.47. The minimum Gasteiger partial charge on any atom is -0.308 e. The topological polar surface area (TPSA) is 101 Å². The maximum atomic E-state index is 12.3. The molecule has 1 aromatic carbocycles. The van der Waals surface area contributed by atoms with E-state index in [-0.39, 0.29) is 17.8 Å². The number of urea groups is 1. The first-order valence-corrected chi connectivity index (χ1v) is 8.98. The molecule has 2 aromatic rings. The van der Waals surface area contributed by atoms with Crippen molar-refractivity contribution in [3.05, 3.63) is 41.0 Å². The van der Waals surface area contributed by atoms with Crippen LogP contribution in [0.3, 0.4) is 0 Å². The average Bonchev–Trinajstić information content (AvgIpc) is 3.23. The van der Waals surface area contributed by atoms with Crippen LogP contribution in [-0.2, 0) is 4.79 Å². The second-order valence-electron chi connectivity index (χ2n) is 6.47. The van der Waals surface area contributed by atoms with Crippen LogP contribution in [0.1, 0.15) is 25.0 Å². The van der Waals surface area contributed by atoms with Gasteiger partial charge in [0.25, 0.3) is 11.9 Å². The van der Waals surface area contributed by atoms with Gasteiger partial charge in [0.2, 0.25) is 0 Å². The van der Waals surface area contributed by atoms with Gasteiger partial charge in [0.15, 0.2) is 0 Å². The van der Waals surface area contributed by atoms with E-state index in [1.54, 1.807) is 37.3 Å². The summed E-state index contributed by atoms with van der Waals surface area (Å²) in [6.07, 6.45) is 2.52. The number of amides is 3. The predicted molar refractivity (Wildman–Crippen MR) is 104 cm³/mol. The molecule has 1 aromatic heterocycles. The molecule has 0 bridgehead atoms. The molecular weight excluding hydrogens is 368 g/mol. The van der Waals surface area contributed by atoms with Crippen molar-refractivity contribution in [3.63, 3.8) is 0 Å². The second-order valence-corrected chi connectivity index (χ2v) is 6.90. The molecule has 9 heteroatoms. The molecule has 3 amide bonds. The maximum Gasteiger partial charge on any atom is 0.324 e. The van der Waals surface area contributed by atoms with Crippen LogP contribution < -0.4 is 10.6 Å². The lowest BCUT2D eigenvalue weighted by molar-refractivity contribution is -0.119. The van der Waals surface area contributed by atoms with Crippen LogP contribution in [0.5, 0.6) is 0 Å². The van der Waals surface area contributed by atoms with E-state index in [4.69, 9.17) is 11.6 Å². The summed E-state index contributed by atoms with van der Waals surface area (Å²) < 4.78 is 1.39. The Kier molecular flexibility index (Phi) is 4.49. The summed E-state index contributed by atoms with van der Waals surface area (Å²) in [5, 5.41) is 10.3. The molecule has 27 heavy (non-hydrogen) atoms. The van der Waals surface area contributed by atoms with Crippen molar-refractivity contribution in [2.24, 2.45) is 15.9 Å². The van der Waals surface area contributed by atoms with Crippen LogP contribution in [0.15, 0.2) is 40.3 Å². The minimum atomic E-state index is -0.451. The molecule has 1 fully saturated rings. The zero-order valence-corrected chi connectivity index (χ0v) is 15.3. The van der Waals surface area contributed by atoms with Crippen LogP contribution in [0.4, 0.5) is 16.3 Å². The van der Waals surface area contributed by atoms with Crippen molar-refractivity contribution in [1.29, 1.82) is 0 Å². The molecular formula is C18H17ClN6O2. The Morgan fingerprint density at radius 3 is 2.78 bits per heavy atom. The first-order valence-electron chi connectivity index (χ1n) is 8.60. The number of aliphatic imine (C=N–C) groups is 2. The van der Waals surface area contributed by atoms with Gasteiger partial charge in [-0.25, -0.2) is 9.79 Å². The smallest absolute Gasteiger partial charge is 0.308 e. The fourth-order valence-corrected chi connectivity index (χ4v) is 3.33. The number of rotatable bonds is 2. The molecule has 2 aliphatic rings. The number of halogens is 1. The number of nitrogens with one attached hydrogen (secondary N) is 2. The number of anilines is 2. The number of carbonyl (C=O) groups is 2. The lowest BCUT2D eigenvalue weighted by Gasteiger charge is -2.15. The summed E-state index contributed by atoms with van der Waals surface area (Å²) in [4.78, 5) is 33.1. The van der Waals surface area contributed by atoms with Crippen LogP contribution in [0.2, 0.25) is 5.02 Å². The number of aromatic nitrogens is 2. The van der Waals surface area contributed by atoms with E-state index in [0.717, 1.165) is 25.0 Å². The average molecular weight is 385 g/mol. The van der Waals surface area contributed by atoms with E-state index in [1.165, 1.54) is 4.68 Å². The van der Waals surface area contributed by atoms with Gasteiger partial charge in [0.05, 0.1) is 11.6 Å². The standard InChI is InChI=1S/C18H17ClN6O2/c1-10-9-15(22-18(27)20-12-7-5-11(19)6-8-12)25(24-10)17-21-14-4-2-3-13(14)16(26)23-17/h5-9,13H,2-4H2,1H3,(H2,20,22,27). The summed E-state index contributed by atoms with van der Waals surface area (Å²) in [6.45, 7) is 1.79. The molecule has 2 N–H and O–H groups in total. The Bertz CT molecular complexity index is 976. The summed E-state index contributed by atoms with van der Waals surface area (Å²) in [7, 11) is 0. The zero-order valence-electron chi connectivity index (χ0n) is 14.6. The lowest BCUT2D eigenvalue weighted by Crippen LogP contribution is -2.29. The summed E-state index contributed by atoms with van der Waals surface area (Å²) >= 11 is 5.84. The van der Waals surface area contributed by atoms with E-state index in [2.05, 4.69) is 25.7 Å².